The molecular formula is C16H34CrO3P+. The molecule has 126 valence electrons. The Hall–Kier alpha value is 0.682. The van der Waals surface area contributed by atoms with Crippen molar-refractivity contribution in [2.24, 2.45) is 0 Å². The minimum absolute atomic E-state index is 0. The van der Waals surface area contributed by atoms with Crippen LogP contribution in [0, 0.1) is 0 Å². The molecule has 0 aliphatic heterocycles. The first kappa shape index (κ1) is 23.9. The topological polar surface area (TPSA) is 49.4 Å². The molecule has 0 amide bonds. The first-order valence-electron chi connectivity index (χ1n) is 8.57. The van der Waals surface area contributed by atoms with Crippen LogP contribution in [-0.2, 0) is 26.4 Å². The van der Waals surface area contributed by atoms with Gasteiger partial charge in [-0.15, -0.1) is 0 Å². The molecule has 0 radical (unpaired) electrons. The van der Waals surface area contributed by atoms with Crippen LogP contribution < -0.4 is 4.89 Å². The fraction of sp³-hybridized carbons (Fsp3) is 1.00. The molecule has 0 aliphatic rings. The van der Waals surface area contributed by atoms with Crippen molar-refractivity contribution in [3.05, 3.63) is 0 Å². The second kappa shape index (κ2) is 17.0. The van der Waals surface area contributed by atoms with Crippen molar-refractivity contribution in [2.75, 3.05) is 12.8 Å². The van der Waals surface area contributed by atoms with Crippen molar-refractivity contribution < 1.29 is 31.3 Å². The predicted molar refractivity (Wildman–Crippen MR) is 85.2 cm³/mol. The number of hydrogen-bond acceptors (Lipinski definition) is 3. The monoisotopic (exact) mass is 357 g/mol. The summed E-state index contributed by atoms with van der Waals surface area (Å²) in [6, 6.07) is 0. The van der Waals surface area contributed by atoms with Crippen molar-refractivity contribution >= 4 is 7.60 Å². The van der Waals surface area contributed by atoms with Crippen molar-refractivity contribution in [1.29, 1.82) is 0 Å². The van der Waals surface area contributed by atoms with E-state index in [1.807, 2.05) is 0 Å². The summed E-state index contributed by atoms with van der Waals surface area (Å²) >= 11 is 0. The van der Waals surface area contributed by atoms with E-state index in [-0.39, 0.29) is 23.5 Å². The fourth-order valence-corrected chi connectivity index (χ4v) is 3.38. The van der Waals surface area contributed by atoms with Crippen molar-refractivity contribution in [2.45, 2.75) is 90.9 Å². The van der Waals surface area contributed by atoms with E-state index in [1.54, 1.807) is 0 Å². The Labute approximate surface area is 142 Å². The third-order valence-electron chi connectivity index (χ3n) is 3.57. The van der Waals surface area contributed by atoms with Crippen LogP contribution in [0.4, 0.5) is 0 Å². The molecule has 0 aromatic heterocycles. The maximum Gasteiger partial charge on any atom is 2.00 e. The van der Waals surface area contributed by atoms with E-state index in [9.17, 15) is 9.46 Å². The van der Waals surface area contributed by atoms with Gasteiger partial charge in [0, 0.05) is 6.16 Å². The molecule has 1 atom stereocenters. The van der Waals surface area contributed by atoms with Gasteiger partial charge in [-0.05, 0) is 12.8 Å². The maximum absolute atomic E-state index is 11.7. The molecular weight excluding hydrogens is 323 g/mol. The van der Waals surface area contributed by atoms with Crippen molar-refractivity contribution in [1.82, 2.24) is 0 Å². The van der Waals surface area contributed by atoms with E-state index in [1.165, 1.54) is 44.9 Å². The van der Waals surface area contributed by atoms with Crippen LogP contribution in [0.25, 0.3) is 0 Å². The second-order valence-electron chi connectivity index (χ2n) is 5.70. The molecule has 0 aliphatic carbocycles. The van der Waals surface area contributed by atoms with E-state index in [0.717, 1.165) is 32.1 Å². The average Bonchev–Trinajstić information content (AvgIpc) is 2.41. The molecule has 21 heavy (non-hydrogen) atoms. The molecule has 0 saturated heterocycles. The van der Waals surface area contributed by atoms with Gasteiger partial charge in [-0.3, -0.25) is 0 Å². The SMILES string of the molecule is CCCCCCCCOP(=O)([O-])CCCCCCCC.[Cr+2]. The molecule has 0 aromatic carbocycles. The third kappa shape index (κ3) is 18.6. The molecule has 0 fully saturated rings. The summed E-state index contributed by atoms with van der Waals surface area (Å²) in [6.07, 6.45) is 13.7. The fourth-order valence-electron chi connectivity index (χ4n) is 2.24. The summed E-state index contributed by atoms with van der Waals surface area (Å²) in [5, 5.41) is 0. The summed E-state index contributed by atoms with van der Waals surface area (Å²) in [7, 11) is -3.56. The molecule has 0 spiro atoms. The van der Waals surface area contributed by atoms with Crippen LogP contribution in [0.2, 0.25) is 0 Å². The number of unbranched alkanes of at least 4 members (excludes halogenated alkanes) is 10. The molecule has 0 saturated carbocycles. The predicted octanol–water partition coefficient (Wildman–Crippen LogP) is 5.27. The molecule has 3 nitrogen and oxygen atoms in total. The Kier molecular flexibility index (Phi) is 19.4. The van der Waals surface area contributed by atoms with Crippen LogP contribution in [0.15, 0.2) is 0 Å². The van der Waals surface area contributed by atoms with E-state index >= 15 is 0 Å². The van der Waals surface area contributed by atoms with Gasteiger partial charge < -0.3 is 14.0 Å². The van der Waals surface area contributed by atoms with E-state index in [4.69, 9.17) is 4.52 Å². The first-order chi connectivity index (χ1) is 9.62. The Morgan fingerprint density at radius 2 is 1.19 bits per heavy atom. The standard InChI is InChI=1S/C16H35O3P.Cr/c1-3-5-7-9-11-13-15-19-20(17,18)16-14-12-10-8-6-4-2;/h3-16H2,1-2H3,(H,17,18);/q;+2/p-1. The maximum atomic E-state index is 11.7. The zero-order chi connectivity index (χ0) is 15.1. The zero-order valence-corrected chi connectivity index (χ0v) is 16.1. The molecule has 0 bridgehead atoms. The van der Waals surface area contributed by atoms with Crippen LogP contribution >= 0.6 is 7.60 Å². The summed E-state index contributed by atoms with van der Waals surface area (Å²) in [6.45, 7) is 4.75. The van der Waals surface area contributed by atoms with Gasteiger partial charge in [0.2, 0.25) is 0 Å². The number of rotatable bonds is 15. The Morgan fingerprint density at radius 1 is 0.762 bits per heavy atom. The molecule has 0 N–H and O–H groups in total. The van der Waals surface area contributed by atoms with Crippen LogP contribution in [0.1, 0.15) is 90.9 Å². The minimum atomic E-state index is -3.56. The van der Waals surface area contributed by atoms with Crippen molar-refractivity contribution in [3.8, 4) is 0 Å². The van der Waals surface area contributed by atoms with Gasteiger partial charge in [-0.2, -0.15) is 0 Å². The summed E-state index contributed by atoms with van der Waals surface area (Å²) in [5.41, 5.74) is 0. The molecule has 0 heterocycles. The Morgan fingerprint density at radius 3 is 1.71 bits per heavy atom. The van der Waals surface area contributed by atoms with E-state index in [2.05, 4.69) is 13.8 Å². The normalized spacial score (nSPS) is 13.7. The van der Waals surface area contributed by atoms with E-state index < -0.39 is 7.60 Å². The molecule has 1 unspecified atom stereocenters. The smallest absolute Gasteiger partial charge is 0.778 e. The zero-order valence-electron chi connectivity index (χ0n) is 14.0. The van der Waals surface area contributed by atoms with E-state index in [0.29, 0.717) is 6.61 Å². The number of hydrogen-bond donors (Lipinski definition) is 0. The van der Waals surface area contributed by atoms with Gasteiger partial charge in [0.1, 0.15) is 7.60 Å². The summed E-state index contributed by atoms with van der Waals surface area (Å²) in [5.74, 6) is 0. The van der Waals surface area contributed by atoms with Crippen LogP contribution in [0.3, 0.4) is 0 Å². The van der Waals surface area contributed by atoms with Crippen LogP contribution in [0.5, 0.6) is 0 Å². The first-order valence-corrected chi connectivity index (χ1v) is 10.3. The van der Waals surface area contributed by atoms with Crippen LogP contribution in [-0.4, -0.2) is 12.8 Å². The summed E-state index contributed by atoms with van der Waals surface area (Å²) < 4.78 is 16.7. The van der Waals surface area contributed by atoms with Gasteiger partial charge in [-0.1, -0.05) is 78.1 Å². The average molecular weight is 357 g/mol. The molecule has 5 heteroatoms. The molecule has 0 aromatic rings. The molecule has 0 rings (SSSR count). The van der Waals surface area contributed by atoms with Gasteiger partial charge in [0.25, 0.3) is 0 Å². The van der Waals surface area contributed by atoms with Gasteiger partial charge in [0.15, 0.2) is 0 Å². The third-order valence-corrected chi connectivity index (χ3v) is 5.01. The van der Waals surface area contributed by atoms with Gasteiger partial charge in [0.05, 0.1) is 6.61 Å². The Balaban J connectivity index is 0. The van der Waals surface area contributed by atoms with Gasteiger partial charge >= 0.3 is 17.4 Å². The minimum Gasteiger partial charge on any atom is -0.778 e. The largest absolute Gasteiger partial charge is 2.00 e. The second-order valence-corrected chi connectivity index (χ2v) is 7.63. The van der Waals surface area contributed by atoms with Crippen molar-refractivity contribution in [3.63, 3.8) is 0 Å². The summed E-state index contributed by atoms with van der Waals surface area (Å²) in [4.78, 5) is 11.7. The quantitative estimate of drug-likeness (QED) is 0.296. The van der Waals surface area contributed by atoms with Gasteiger partial charge in [-0.25, -0.2) is 0 Å². The Bertz CT molecular complexity index is 250.